The average Bonchev–Trinajstić information content (AvgIpc) is 3.11. The van der Waals surface area contributed by atoms with E-state index in [4.69, 9.17) is 4.98 Å². The molecule has 4 heterocycles. The van der Waals surface area contributed by atoms with E-state index < -0.39 is 0 Å². The van der Waals surface area contributed by atoms with Crippen LogP contribution in [-0.4, -0.2) is 62.0 Å². The second-order valence-electron chi connectivity index (χ2n) is 6.05. The van der Waals surface area contributed by atoms with Gasteiger partial charge in [0, 0.05) is 38.6 Å². The number of nitrogens with zero attached hydrogens (tertiary/aromatic N) is 7. The van der Waals surface area contributed by atoms with Crippen LogP contribution in [0, 0.1) is 0 Å². The maximum atomic E-state index is 4.78. The number of hydrogen-bond acceptors (Lipinski definition) is 6. The van der Waals surface area contributed by atoms with Crippen molar-refractivity contribution in [3.8, 4) is 11.5 Å². The molecule has 3 aromatic rings. The van der Waals surface area contributed by atoms with Crippen LogP contribution in [0.25, 0.3) is 23.2 Å². The molecular weight excluding hydrogens is 314 g/mol. The highest BCUT2D eigenvalue weighted by Gasteiger charge is 2.18. The minimum Gasteiger partial charge on any atom is -0.354 e. The highest BCUT2D eigenvalue weighted by molar-refractivity contribution is 5.59. The second kappa shape index (κ2) is 6.60. The quantitative estimate of drug-likeness (QED) is 0.726. The summed E-state index contributed by atoms with van der Waals surface area (Å²) in [5.41, 5.74) is 2.42. The van der Waals surface area contributed by atoms with Crippen molar-refractivity contribution < 1.29 is 0 Å². The zero-order valence-corrected chi connectivity index (χ0v) is 14.3. The summed E-state index contributed by atoms with van der Waals surface area (Å²) in [6.07, 6.45) is 8.96. The van der Waals surface area contributed by atoms with Crippen LogP contribution in [0.1, 0.15) is 12.6 Å². The molecule has 1 fully saturated rings. The van der Waals surface area contributed by atoms with Gasteiger partial charge in [-0.3, -0.25) is 9.38 Å². The molecule has 0 aliphatic carbocycles. The summed E-state index contributed by atoms with van der Waals surface area (Å²) in [5, 5.41) is 0. The molecule has 0 aromatic carbocycles. The van der Waals surface area contributed by atoms with E-state index >= 15 is 0 Å². The van der Waals surface area contributed by atoms with Crippen molar-refractivity contribution in [1.29, 1.82) is 0 Å². The first kappa shape index (κ1) is 15.7. The lowest BCUT2D eigenvalue weighted by atomic mass is 10.3. The van der Waals surface area contributed by atoms with Gasteiger partial charge in [0.2, 0.25) is 0 Å². The fraction of sp³-hybridized carbons (Fsp3) is 0.333. The molecule has 3 aromatic heterocycles. The third-order valence-corrected chi connectivity index (χ3v) is 4.64. The van der Waals surface area contributed by atoms with Gasteiger partial charge in [-0.15, -0.1) is 0 Å². The lowest BCUT2D eigenvalue weighted by Gasteiger charge is -2.34. The summed E-state index contributed by atoms with van der Waals surface area (Å²) >= 11 is 0. The van der Waals surface area contributed by atoms with Crippen LogP contribution in [0.2, 0.25) is 0 Å². The normalized spacial score (nSPS) is 15.6. The molecule has 0 unspecified atom stereocenters. The van der Waals surface area contributed by atoms with Crippen LogP contribution >= 0.6 is 0 Å². The van der Waals surface area contributed by atoms with Gasteiger partial charge < -0.3 is 9.80 Å². The first-order valence-corrected chi connectivity index (χ1v) is 8.54. The maximum Gasteiger partial charge on any atom is 0.180 e. The number of piperazine rings is 1. The predicted octanol–water partition coefficient (Wildman–Crippen LogP) is 1.97. The summed E-state index contributed by atoms with van der Waals surface area (Å²) in [5.74, 6) is 1.64. The van der Waals surface area contributed by atoms with E-state index in [0.717, 1.165) is 55.6 Å². The molecule has 7 heteroatoms. The fourth-order valence-electron chi connectivity index (χ4n) is 3.12. The monoisotopic (exact) mass is 335 g/mol. The van der Waals surface area contributed by atoms with Crippen LogP contribution in [0.3, 0.4) is 0 Å². The van der Waals surface area contributed by atoms with Gasteiger partial charge in [-0.25, -0.2) is 15.0 Å². The van der Waals surface area contributed by atoms with Gasteiger partial charge in [0.25, 0.3) is 0 Å². The van der Waals surface area contributed by atoms with Crippen LogP contribution in [0.4, 0.5) is 5.82 Å². The first-order chi connectivity index (χ1) is 12.3. The number of anilines is 1. The smallest absolute Gasteiger partial charge is 0.180 e. The van der Waals surface area contributed by atoms with Crippen molar-refractivity contribution in [2.75, 3.05) is 37.6 Å². The van der Waals surface area contributed by atoms with Gasteiger partial charge in [-0.1, -0.05) is 13.5 Å². The Balaban J connectivity index is 1.67. The van der Waals surface area contributed by atoms with Crippen molar-refractivity contribution in [3.63, 3.8) is 0 Å². The summed E-state index contributed by atoms with van der Waals surface area (Å²) < 4.78 is 1.96. The molecule has 0 radical (unpaired) electrons. The molecule has 128 valence electrons. The van der Waals surface area contributed by atoms with E-state index in [2.05, 4.69) is 38.3 Å². The van der Waals surface area contributed by atoms with E-state index in [1.807, 2.05) is 22.9 Å². The predicted molar refractivity (Wildman–Crippen MR) is 98.4 cm³/mol. The van der Waals surface area contributed by atoms with Gasteiger partial charge in [0.15, 0.2) is 11.5 Å². The molecule has 0 atom stereocenters. The highest BCUT2D eigenvalue weighted by Crippen LogP contribution is 2.21. The summed E-state index contributed by atoms with van der Waals surface area (Å²) in [7, 11) is 0. The van der Waals surface area contributed by atoms with Gasteiger partial charge in [-0.2, -0.15) is 0 Å². The summed E-state index contributed by atoms with van der Waals surface area (Å²) in [6, 6.07) is 1.98. The van der Waals surface area contributed by atoms with Crippen molar-refractivity contribution >= 4 is 17.5 Å². The number of aromatic nitrogens is 5. The van der Waals surface area contributed by atoms with Crippen LogP contribution in [0.15, 0.2) is 37.4 Å². The molecule has 0 amide bonds. The van der Waals surface area contributed by atoms with E-state index in [0.29, 0.717) is 5.82 Å². The molecule has 1 saturated heterocycles. The molecule has 0 bridgehead atoms. The largest absolute Gasteiger partial charge is 0.354 e. The van der Waals surface area contributed by atoms with Gasteiger partial charge >= 0.3 is 0 Å². The Labute approximate surface area is 146 Å². The fourth-order valence-corrected chi connectivity index (χ4v) is 3.12. The van der Waals surface area contributed by atoms with Crippen molar-refractivity contribution in [3.05, 3.63) is 43.1 Å². The van der Waals surface area contributed by atoms with Crippen LogP contribution in [-0.2, 0) is 0 Å². The lowest BCUT2D eigenvalue weighted by Crippen LogP contribution is -2.46. The molecule has 0 spiro atoms. The number of hydrogen-bond donors (Lipinski definition) is 0. The molecule has 1 aliphatic heterocycles. The van der Waals surface area contributed by atoms with Crippen molar-refractivity contribution in [1.82, 2.24) is 29.2 Å². The molecule has 1 aliphatic rings. The molecule has 0 saturated carbocycles. The number of rotatable bonds is 4. The number of likely N-dealkylation sites (N-methyl/N-ethyl adjacent to an activating group) is 1. The lowest BCUT2D eigenvalue weighted by molar-refractivity contribution is 0.270. The Morgan fingerprint density at radius 2 is 1.96 bits per heavy atom. The maximum absolute atomic E-state index is 4.78. The zero-order chi connectivity index (χ0) is 17.2. The molecule has 4 rings (SSSR count). The van der Waals surface area contributed by atoms with Crippen LogP contribution in [0.5, 0.6) is 0 Å². The van der Waals surface area contributed by atoms with E-state index in [1.165, 1.54) is 0 Å². The summed E-state index contributed by atoms with van der Waals surface area (Å²) in [6.45, 7) is 11.2. The van der Waals surface area contributed by atoms with E-state index in [-0.39, 0.29) is 0 Å². The molecule has 7 nitrogen and oxygen atoms in total. The summed E-state index contributed by atoms with van der Waals surface area (Å²) in [4.78, 5) is 22.7. The van der Waals surface area contributed by atoms with E-state index in [9.17, 15) is 0 Å². The Morgan fingerprint density at radius 1 is 1.12 bits per heavy atom. The third kappa shape index (κ3) is 2.98. The highest BCUT2D eigenvalue weighted by atomic mass is 15.3. The topological polar surface area (TPSA) is 62.5 Å². The number of fused-ring (bicyclic) bond motifs is 1. The molecule has 25 heavy (non-hydrogen) atoms. The van der Waals surface area contributed by atoms with Gasteiger partial charge in [0.05, 0.1) is 18.1 Å². The first-order valence-electron chi connectivity index (χ1n) is 8.54. The van der Waals surface area contributed by atoms with Gasteiger partial charge in [0.1, 0.15) is 11.5 Å². The minimum absolute atomic E-state index is 0.670. The third-order valence-electron chi connectivity index (χ3n) is 4.64. The minimum atomic E-state index is 0.670. The Morgan fingerprint density at radius 3 is 2.72 bits per heavy atom. The van der Waals surface area contributed by atoms with Crippen LogP contribution < -0.4 is 4.90 Å². The van der Waals surface area contributed by atoms with Crippen molar-refractivity contribution in [2.45, 2.75) is 6.92 Å². The van der Waals surface area contributed by atoms with Crippen molar-refractivity contribution in [2.24, 2.45) is 0 Å². The Bertz CT molecular complexity index is 893. The standard InChI is InChI=1S/C18H21N7/c1-3-14-13-25-15(11-21-17(25)12-20-14)18-19-6-5-16(22-18)24-9-7-23(4-2)8-10-24/h3,5-6,11-13H,1,4,7-10H2,2H3. The molecular formula is C18H21N7. The Kier molecular flexibility index (Phi) is 4.15. The average molecular weight is 335 g/mol. The number of imidazole rings is 1. The van der Waals surface area contributed by atoms with E-state index in [1.54, 1.807) is 18.5 Å². The Hall–Kier alpha value is -2.80. The second-order valence-corrected chi connectivity index (χ2v) is 6.05. The SMILES string of the molecule is C=Cc1cn2c(-c3nccc(N4CCN(CC)CC4)n3)cnc2cn1. The van der Waals surface area contributed by atoms with Gasteiger partial charge in [-0.05, 0) is 18.7 Å². The molecule has 0 N–H and O–H groups in total. The zero-order valence-electron chi connectivity index (χ0n) is 14.3.